The monoisotopic (exact) mass is 278 g/mol. The molecule has 100 valence electrons. The molecule has 0 N–H and O–H groups in total. The Kier molecular flexibility index (Phi) is 6.21. The number of hydrogen-bond acceptors (Lipinski definition) is 3. The second-order valence-corrected chi connectivity index (χ2v) is 4.72. The Morgan fingerprint density at radius 1 is 1.22 bits per heavy atom. The molecule has 0 aliphatic rings. The molecule has 1 rings (SSSR count). The van der Waals surface area contributed by atoms with Crippen molar-refractivity contribution in [1.82, 2.24) is 0 Å². The Morgan fingerprint density at radius 3 is 2.44 bits per heavy atom. The zero-order chi connectivity index (χ0) is 13.4. The van der Waals surface area contributed by atoms with E-state index < -0.39 is 12.8 Å². The number of aldehydes is 1. The Bertz CT molecular complexity index is 363. The quantitative estimate of drug-likeness (QED) is 0.433. The van der Waals surface area contributed by atoms with Crippen molar-refractivity contribution in [3.8, 4) is 0 Å². The van der Waals surface area contributed by atoms with E-state index in [1.165, 1.54) is 11.8 Å². The number of carbonyl (C=O) groups is 1. The first-order valence-corrected chi connectivity index (χ1v) is 6.32. The van der Waals surface area contributed by atoms with E-state index in [2.05, 4.69) is 4.74 Å². The lowest BCUT2D eigenvalue weighted by molar-refractivity contribution is -0.173. The molecule has 2 nitrogen and oxygen atoms in total. The highest BCUT2D eigenvalue weighted by Crippen LogP contribution is 2.19. The number of rotatable bonds is 7. The van der Waals surface area contributed by atoms with Crippen molar-refractivity contribution >= 4 is 18.0 Å². The predicted octanol–water partition coefficient (Wildman–Crippen LogP) is 3.56. The summed E-state index contributed by atoms with van der Waals surface area (Å²) < 4.78 is 39.7. The molecule has 0 saturated carbocycles. The van der Waals surface area contributed by atoms with Crippen LogP contribution in [0.4, 0.5) is 13.2 Å². The van der Waals surface area contributed by atoms with Crippen LogP contribution in [0.3, 0.4) is 0 Å². The number of carbonyl (C=O) groups excluding carboxylic acids is 1. The average molecular weight is 278 g/mol. The summed E-state index contributed by atoms with van der Waals surface area (Å²) in [6.45, 7) is -1.09. The van der Waals surface area contributed by atoms with Gasteiger partial charge in [-0.15, -0.1) is 11.8 Å². The van der Waals surface area contributed by atoms with Crippen molar-refractivity contribution in [3.05, 3.63) is 29.8 Å². The van der Waals surface area contributed by atoms with Gasteiger partial charge >= 0.3 is 6.18 Å². The Morgan fingerprint density at radius 2 is 1.89 bits per heavy atom. The van der Waals surface area contributed by atoms with Gasteiger partial charge in [0.2, 0.25) is 0 Å². The van der Waals surface area contributed by atoms with Gasteiger partial charge in [0.25, 0.3) is 0 Å². The van der Waals surface area contributed by atoms with Gasteiger partial charge in [-0.05, 0) is 18.6 Å². The normalized spacial score (nSPS) is 11.5. The van der Waals surface area contributed by atoms with Gasteiger partial charge in [-0.25, -0.2) is 0 Å². The number of halogens is 3. The number of thioether (sulfide) groups is 1. The molecule has 0 aliphatic carbocycles. The van der Waals surface area contributed by atoms with Crippen LogP contribution in [0.15, 0.2) is 29.2 Å². The van der Waals surface area contributed by atoms with Crippen LogP contribution in [0.25, 0.3) is 0 Å². The third-order valence-electron chi connectivity index (χ3n) is 1.98. The van der Waals surface area contributed by atoms with Gasteiger partial charge in [0.15, 0.2) is 0 Å². The van der Waals surface area contributed by atoms with Crippen LogP contribution in [0, 0.1) is 0 Å². The lowest BCUT2D eigenvalue weighted by Gasteiger charge is -2.07. The Balaban J connectivity index is 2.12. The summed E-state index contributed by atoms with van der Waals surface area (Å²) in [5.74, 6) is 0.679. The smallest absolute Gasteiger partial charge is 0.372 e. The highest BCUT2D eigenvalue weighted by Gasteiger charge is 2.27. The zero-order valence-electron chi connectivity index (χ0n) is 9.57. The van der Waals surface area contributed by atoms with Crippen LogP contribution in [0.2, 0.25) is 0 Å². The molecule has 0 atom stereocenters. The molecular weight excluding hydrogens is 265 g/mol. The lowest BCUT2D eigenvalue weighted by Crippen LogP contribution is -2.17. The molecular formula is C12H13F3O2S. The summed E-state index contributed by atoms with van der Waals surface area (Å²) in [5.41, 5.74) is 0.605. The Labute approximate surface area is 108 Å². The van der Waals surface area contributed by atoms with E-state index in [-0.39, 0.29) is 6.61 Å². The van der Waals surface area contributed by atoms with Crippen LogP contribution in [-0.4, -0.2) is 31.4 Å². The molecule has 0 bridgehead atoms. The van der Waals surface area contributed by atoms with Crippen LogP contribution in [0.5, 0.6) is 0 Å². The van der Waals surface area contributed by atoms with Crippen molar-refractivity contribution in [2.24, 2.45) is 0 Å². The second-order valence-electron chi connectivity index (χ2n) is 3.56. The number of hydrogen-bond donors (Lipinski definition) is 0. The summed E-state index contributed by atoms with van der Waals surface area (Å²) in [4.78, 5) is 11.4. The molecule has 0 heterocycles. The maximum atomic E-state index is 11.7. The third-order valence-corrected chi connectivity index (χ3v) is 3.08. The number of ether oxygens (including phenoxy) is 1. The highest BCUT2D eigenvalue weighted by molar-refractivity contribution is 7.99. The summed E-state index contributed by atoms with van der Waals surface area (Å²) in [6, 6.07) is 7.03. The van der Waals surface area contributed by atoms with Gasteiger partial charge < -0.3 is 4.74 Å². The van der Waals surface area contributed by atoms with Gasteiger partial charge in [-0.3, -0.25) is 4.79 Å². The van der Waals surface area contributed by atoms with Gasteiger partial charge in [-0.1, -0.05) is 12.1 Å². The highest BCUT2D eigenvalue weighted by atomic mass is 32.2. The molecule has 0 spiro atoms. The summed E-state index contributed by atoms with van der Waals surface area (Å²) in [6.07, 6.45) is -2.94. The van der Waals surface area contributed by atoms with Crippen molar-refractivity contribution in [1.29, 1.82) is 0 Å². The zero-order valence-corrected chi connectivity index (χ0v) is 10.4. The van der Waals surface area contributed by atoms with Crippen molar-refractivity contribution < 1.29 is 22.7 Å². The first-order chi connectivity index (χ1) is 8.51. The molecule has 18 heavy (non-hydrogen) atoms. The fourth-order valence-electron chi connectivity index (χ4n) is 1.18. The van der Waals surface area contributed by atoms with Gasteiger partial charge in [0.1, 0.15) is 12.9 Å². The van der Waals surface area contributed by atoms with Crippen molar-refractivity contribution in [2.75, 3.05) is 19.0 Å². The standard InChI is InChI=1S/C12H13F3O2S/c13-12(14,15)9-17-6-1-7-18-11-4-2-10(8-16)3-5-11/h2-5,8H,1,6-7,9H2. The van der Waals surface area contributed by atoms with E-state index in [4.69, 9.17) is 0 Å². The summed E-state index contributed by atoms with van der Waals surface area (Å²) in [7, 11) is 0. The molecule has 0 aliphatic heterocycles. The largest absolute Gasteiger partial charge is 0.411 e. The van der Waals surface area contributed by atoms with E-state index in [0.717, 1.165) is 11.2 Å². The minimum atomic E-state index is -4.25. The van der Waals surface area contributed by atoms with Crippen molar-refractivity contribution in [2.45, 2.75) is 17.5 Å². The van der Waals surface area contributed by atoms with Crippen molar-refractivity contribution in [3.63, 3.8) is 0 Å². The fourth-order valence-corrected chi connectivity index (χ4v) is 2.01. The van der Waals surface area contributed by atoms with E-state index in [1.54, 1.807) is 12.1 Å². The van der Waals surface area contributed by atoms with E-state index in [0.29, 0.717) is 17.7 Å². The molecule has 0 saturated heterocycles. The van der Waals surface area contributed by atoms with Crippen LogP contribution >= 0.6 is 11.8 Å². The van der Waals surface area contributed by atoms with E-state index in [1.807, 2.05) is 12.1 Å². The van der Waals surface area contributed by atoms with Crippen LogP contribution in [-0.2, 0) is 4.74 Å². The number of benzene rings is 1. The van der Waals surface area contributed by atoms with Crippen LogP contribution < -0.4 is 0 Å². The maximum Gasteiger partial charge on any atom is 0.411 e. The van der Waals surface area contributed by atoms with E-state index >= 15 is 0 Å². The first-order valence-electron chi connectivity index (χ1n) is 5.34. The molecule has 0 fully saturated rings. The number of alkyl halides is 3. The van der Waals surface area contributed by atoms with Gasteiger partial charge in [0.05, 0.1) is 0 Å². The first kappa shape index (κ1) is 15.0. The lowest BCUT2D eigenvalue weighted by atomic mass is 10.2. The van der Waals surface area contributed by atoms with Gasteiger partial charge in [0, 0.05) is 22.8 Å². The second kappa shape index (κ2) is 7.43. The minimum Gasteiger partial charge on any atom is -0.372 e. The predicted molar refractivity (Wildman–Crippen MR) is 64.0 cm³/mol. The van der Waals surface area contributed by atoms with Gasteiger partial charge in [-0.2, -0.15) is 13.2 Å². The minimum absolute atomic E-state index is 0.0962. The maximum absolute atomic E-state index is 11.7. The summed E-state index contributed by atoms with van der Waals surface area (Å²) in [5, 5.41) is 0. The molecule has 0 amide bonds. The molecule has 0 radical (unpaired) electrons. The molecule has 1 aromatic rings. The summed E-state index contributed by atoms with van der Waals surface area (Å²) >= 11 is 1.52. The molecule has 0 unspecified atom stereocenters. The molecule has 6 heteroatoms. The molecule has 0 aromatic heterocycles. The fraction of sp³-hybridized carbons (Fsp3) is 0.417. The van der Waals surface area contributed by atoms with Crippen LogP contribution in [0.1, 0.15) is 16.8 Å². The van der Waals surface area contributed by atoms with E-state index in [9.17, 15) is 18.0 Å². The topological polar surface area (TPSA) is 26.3 Å². The average Bonchev–Trinajstić information content (AvgIpc) is 2.33. The molecule has 1 aromatic carbocycles. The SMILES string of the molecule is O=Cc1ccc(SCCCOCC(F)(F)F)cc1. The Hall–Kier alpha value is -1.01. The third kappa shape index (κ3) is 6.66.